The first-order valence-electron chi connectivity index (χ1n) is 5.93. The van der Waals surface area contributed by atoms with E-state index in [4.69, 9.17) is 9.52 Å². The number of carboxylic acids is 1. The molecule has 0 spiro atoms. The number of aryl methyl sites for hydroxylation is 1. The molecule has 2 aromatic heterocycles. The molecule has 0 amide bonds. The number of carboxylic acid groups (broad SMARTS) is 1. The Labute approximate surface area is 120 Å². The highest BCUT2D eigenvalue weighted by Crippen LogP contribution is 2.16. The molecule has 9 heteroatoms. The van der Waals surface area contributed by atoms with Gasteiger partial charge in [0.1, 0.15) is 5.76 Å². The molecule has 0 saturated heterocycles. The Kier molecular flexibility index (Phi) is 4.05. The van der Waals surface area contributed by atoms with Crippen LogP contribution in [0.15, 0.2) is 34.0 Å². The predicted molar refractivity (Wildman–Crippen MR) is 71.2 cm³/mol. The molecule has 0 aromatic carbocycles. The number of hydrogen-bond acceptors (Lipinski definition) is 6. The summed E-state index contributed by atoms with van der Waals surface area (Å²) in [5.74, 6) is -0.374. The molecule has 1 unspecified atom stereocenters. The molecule has 112 valence electrons. The van der Waals surface area contributed by atoms with E-state index in [1.54, 1.807) is 13.8 Å². The molecular weight excluding hydrogens is 298 g/mol. The van der Waals surface area contributed by atoms with Gasteiger partial charge in [0.2, 0.25) is 5.89 Å². The van der Waals surface area contributed by atoms with Crippen molar-refractivity contribution in [2.75, 3.05) is 0 Å². The van der Waals surface area contributed by atoms with Crippen molar-refractivity contribution >= 4 is 16.0 Å². The van der Waals surface area contributed by atoms with E-state index in [0.29, 0.717) is 5.76 Å². The fourth-order valence-corrected chi connectivity index (χ4v) is 2.71. The van der Waals surface area contributed by atoms with Crippen molar-refractivity contribution in [3.8, 4) is 0 Å². The maximum Gasteiger partial charge on any atom is 0.337 e. The lowest BCUT2D eigenvalue weighted by Gasteiger charge is -2.10. The van der Waals surface area contributed by atoms with Crippen LogP contribution in [-0.2, 0) is 10.0 Å². The zero-order valence-corrected chi connectivity index (χ0v) is 12.1. The molecular formula is C12H13N3O5S. The van der Waals surface area contributed by atoms with Crippen LogP contribution in [0.3, 0.4) is 0 Å². The number of aromatic carboxylic acids is 1. The average Bonchev–Trinajstić information content (AvgIpc) is 2.85. The number of carbonyl (C=O) groups is 1. The maximum absolute atomic E-state index is 12.1. The van der Waals surface area contributed by atoms with Crippen LogP contribution < -0.4 is 4.72 Å². The molecule has 0 aliphatic heterocycles. The normalized spacial score (nSPS) is 13.0. The summed E-state index contributed by atoms with van der Waals surface area (Å²) in [7, 11) is -3.89. The van der Waals surface area contributed by atoms with Crippen LogP contribution >= 0.6 is 0 Å². The molecule has 2 heterocycles. The number of pyridine rings is 1. The first kappa shape index (κ1) is 15.1. The summed E-state index contributed by atoms with van der Waals surface area (Å²) in [5, 5.41) is 8.47. The Balaban J connectivity index is 2.19. The van der Waals surface area contributed by atoms with E-state index in [1.165, 1.54) is 12.3 Å². The molecule has 2 aromatic rings. The molecule has 0 saturated carbocycles. The Morgan fingerprint density at radius 3 is 2.52 bits per heavy atom. The quantitative estimate of drug-likeness (QED) is 0.848. The van der Waals surface area contributed by atoms with E-state index in [1.807, 2.05) is 0 Å². The topological polar surface area (TPSA) is 122 Å². The summed E-state index contributed by atoms with van der Waals surface area (Å²) >= 11 is 0. The van der Waals surface area contributed by atoms with Crippen LogP contribution in [0.5, 0.6) is 0 Å². The molecule has 1 atom stereocenters. The molecule has 0 radical (unpaired) electrons. The Morgan fingerprint density at radius 1 is 1.33 bits per heavy atom. The van der Waals surface area contributed by atoms with Crippen LogP contribution in [0.1, 0.15) is 35.0 Å². The van der Waals surface area contributed by atoms with E-state index in [-0.39, 0.29) is 16.5 Å². The van der Waals surface area contributed by atoms with Gasteiger partial charge < -0.3 is 9.52 Å². The minimum atomic E-state index is -3.89. The van der Waals surface area contributed by atoms with Gasteiger partial charge in [-0.1, -0.05) is 0 Å². The van der Waals surface area contributed by atoms with E-state index in [9.17, 15) is 13.2 Å². The minimum absolute atomic E-state index is 0.0923. The van der Waals surface area contributed by atoms with Gasteiger partial charge in [-0.05, 0) is 26.0 Å². The van der Waals surface area contributed by atoms with Crippen molar-refractivity contribution in [3.63, 3.8) is 0 Å². The third-order valence-corrected chi connectivity index (χ3v) is 4.06. The largest absolute Gasteiger partial charge is 0.478 e. The van der Waals surface area contributed by atoms with Gasteiger partial charge in [-0.2, -0.15) is 4.72 Å². The Hall–Kier alpha value is -2.26. The lowest BCUT2D eigenvalue weighted by atomic mass is 10.3. The number of aromatic nitrogens is 2. The summed E-state index contributed by atoms with van der Waals surface area (Å²) in [5.41, 5.74) is -0.0923. The SMILES string of the molecule is Cc1cnc(C(C)NS(=O)(=O)c2ccc(C(=O)O)cn2)o1. The van der Waals surface area contributed by atoms with Crippen molar-refractivity contribution in [1.82, 2.24) is 14.7 Å². The third-order valence-electron chi connectivity index (χ3n) is 2.60. The summed E-state index contributed by atoms with van der Waals surface area (Å²) < 4.78 is 31.8. The number of oxazole rings is 1. The van der Waals surface area contributed by atoms with Gasteiger partial charge >= 0.3 is 5.97 Å². The molecule has 2 N–H and O–H groups in total. The number of nitrogens with one attached hydrogen (secondary N) is 1. The van der Waals surface area contributed by atoms with Gasteiger partial charge in [0, 0.05) is 6.20 Å². The van der Waals surface area contributed by atoms with Crippen LogP contribution in [0, 0.1) is 6.92 Å². The van der Waals surface area contributed by atoms with Crippen molar-refractivity contribution in [3.05, 3.63) is 41.7 Å². The molecule has 0 aliphatic rings. The van der Waals surface area contributed by atoms with E-state index < -0.39 is 22.0 Å². The molecule has 8 nitrogen and oxygen atoms in total. The Bertz CT molecular complexity index is 751. The molecule has 0 aliphatic carbocycles. The van der Waals surface area contributed by atoms with Gasteiger partial charge in [0.15, 0.2) is 5.03 Å². The summed E-state index contributed by atoms with van der Waals surface area (Å²) in [6.45, 7) is 3.28. The number of rotatable bonds is 5. The van der Waals surface area contributed by atoms with Gasteiger partial charge in [-0.25, -0.2) is 23.2 Å². The van der Waals surface area contributed by atoms with Gasteiger partial charge in [-0.15, -0.1) is 0 Å². The van der Waals surface area contributed by atoms with Crippen LogP contribution in [0.25, 0.3) is 0 Å². The lowest BCUT2D eigenvalue weighted by Crippen LogP contribution is -2.27. The van der Waals surface area contributed by atoms with Crippen molar-refractivity contribution in [2.45, 2.75) is 24.9 Å². The average molecular weight is 311 g/mol. The van der Waals surface area contributed by atoms with Gasteiger partial charge in [0.25, 0.3) is 10.0 Å². The van der Waals surface area contributed by atoms with Gasteiger partial charge in [-0.3, -0.25) is 0 Å². The van der Waals surface area contributed by atoms with E-state index in [2.05, 4.69) is 14.7 Å². The smallest absolute Gasteiger partial charge is 0.337 e. The van der Waals surface area contributed by atoms with Crippen molar-refractivity contribution < 1.29 is 22.7 Å². The van der Waals surface area contributed by atoms with Crippen LogP contribution in [0.2, 0.25) is 0 Å². The second-order valence-electron chi connectivity index (χ2n) is 4.34. The van der Waals surface area contributed by atoms with E-state index >= 15 is 0 Å². The lowest BCUT2D eigenvalue weighted by molar-refractivity contribution is 0.0696. The second-order valence-corrected chi connectivity index (χ2v) is 6.00. The van der Waals surface area contributed by atoms with Crippen molar-refractivity contribution in [1.29, 1.82) is 0 Å². The van der Waals surface area contributed by atoms with Crippen LogP contribution in [-0.4, -0.2) is 29.5 Å². The predicted octanol–water partition coefficient (Wildman–Crippen LogP) is 1.12. The van der Waals surface area contributed by atoms with Crippen LogP contribution in [0.4, 0.5) is 0 Å². The minimum Gasteiger partial charge on any atom is -0.478 e. The van der Waals surface area contributed by atoms with Crippen molar-refractivity contribution in [2.24, 2.45) is 0 Å². The second kappa shape index (κ2) is 5.62. The molecule has 0 bridgehead atoms. The monoisotopic (exact) mass is 311 g/mol. The molecule has 21 heavy (non-hydrogen) atoms. The first-order valence-corrected chi connectivity index (χ1v) is 7.42. The summed E-state index contributed by atoms with van der Waals surface area (Å²) in [6.07, 6.45) is 2.47. The number of sulfonamides is 1. The molecule has 2 rings (SSSR count). The standard InChI is InChI=1S/C12H13N3O5S/c1-7-5-14-11(20-7)8(2)15-21(18,19)10-4-3-9(6-13-10)12(16)17/h3-6,8,15H,1-2H3,(H,16,17). The highest BCUT2D eigenvalue weighted by molar-refractivity contribution is 7.89. The van der Waals surface area contributed by atoms with Gasteiger partial charge in [0.05, 0.1) is 17.8 Å². The number of nitrogens with zero attached hydrogens (tertiary/aromatic N) is 2. The fourth-order valence-electron chi connectivity index (χ4n) is 1.58. The fraction of sp³-hybridized carbons (Fsp3) is 0.250. The Morgan fingerprint density at radius 2 is 2.05 bits per heavy atom. The third kappa shape index (κ3) is 3.44. The highest BCUT2D eigenvalue weighted by Gasteiger charge is 2.22. The summed E-state index contributed by atoms with van der Waals surface area (Å²) in [6, 6.07) is 1.62. The maximum atomic E-state index is 12.1. The zero-order valence-electron chi connectivity index (χ0n) is 11.3. The summed E-state index contributed by atoms with van der Waals surface area (Å²) in [4.78, 5) is 18.3. The zero-order chi connectivity index (χ0) is 15.6. The molecule has 0 fully saturated rings. The highest BCUT2D eigenvalue weighted by atomic mass is 32.2. The van der Waals surface area contributed by atoms with E-state index in [0.717, 1.165) is 12.3 Å². The first-order chi connectivity index (χ1) is 9.79. The number of hydrogen-bond donors (Lipinski definition) is 2.